The van der Waals surface area contributed by atoms with Gasteiger partial charge in [0.2, 0.25) is 0 Å². The van der Waals surface area contributed by atoms with Gasteiger partial charge in [0, 0.05) is 19.3 Å². The second kappa shape index (κ2) is 67.1. The smallest absolute Gasteiger partial charge is 0.306 e. The molecule has 0 fully saturated rings. The van der Waals surface area contributed by atoms with Gasteiger partial charge in [0.15, 0.2) is 6.10 Å². The van der Waals surface area contributed by atoms with Crippen molar-refractivity contribution in [3.05, 3.63) is 134 Å². The van der Waals surface area contributed by atoms with E-state index < -0.39 is 6.10 Å². The lowest BCUT2D eigenvalue weighted by molar-refractivity contribution is -0.167. The van der Waals surface area contributed by atoms with Crippen LogP contribution in [0.1, 0.15) is 297 Å². The molecule has 80 heavy (non-hydrogen) atoms. The minimum atomic E-state index is -0.801. The van der Waals surface area contributed by atoms with E-state index in [4.69, 9.17) is 14.2 Å². The molecule has 0 aromatic rings. The lowest BCUT2D eigenvalue weighted by Gasteiger charge is -2.18. The van der Waals surface area contributed by atoms with E-state index in [1.54, 1.807) is 0 Å². The Hall–Kier alpha value is -4.45. The van der Waals surface area contributed by atoms with Crippen LogP contribution in [0.4, 0.5) is 0 Å². The van der Waals surface area contributed by atoms with E-state index in [0.717, 1.165) is 135 Å². The van der Waals surface area contributed by atoms with Crippen molar-refractivity contribution in [1.29, 1.82) is 0 Å². The molecule has 0 spiro atoms. The quantitative estimate of drug-likeness (QED) is 0.0261. The summed E-state index contributed by atoms with van der Waals surface area (Å²) >= 11 is 0. The molecule has 0 saturated heterocycles. The van der Waals surface area contributed by atoms with Crippen molar-refractivity contribution in [2.24, 2.45) is 0 Å². The molecule has 0 aliphatic carbocycles. The predicted octanol–water partition coefficient (Wildman–Crippen LogP) is 22.9. The molecule has 454 valence electrons. The van der Waals surface area contributed by atoms with Crippen molar-refractivity contribution in [3.63, 3.8) is 0 Å². The predicted molar refractivity (Wildman–Crippen MR) is 348 cm³/mol. The van der Waals surface area contributed by atoms with Crippen LogP contribution >= 0.6 is 0 Å². The summed E-state index contributed by atoms with van der Waals surface area (Å²) in [4.78, 5) is 38.3. The van der Waals surface area contributed by atoms with Crippen molar-refractivity contribution in [3.8, 4) is 0 Å². The zero-order valence-electron chi connectivity index (χ0n) is 52.0. The zero-order chi connectivity index (χ0) is 57.8. The molecule has 1 unspecified atom stereocenters. The number of carbonyl (C=O) groups is 3. The highest BCUT2D eigenvalue weighted by Crippen LogP contribution is 2.15. The molecule has 0 aromatic heterocycles. The molecular formula is C74H122O6. The molecule has 0 heterocycles. The normalized spacial score (nSPS) is 13.0. The standard InChI is InChI=1S/C74H122O6/c1-4-7-10-13-16-19-22-25-27-29-31-32-33-34-35-36-37-38-39-40-41-42-44-45-47-49-52-55-58-61-64-67-73(76)79-70-71(69-78-72(75)66-63-60-57-54-51-24-21-18-15-12-9-6-3)80-74(77)68-65-62-59-56-53-50-48-46-43-30-28-26-23-20-17-14-11-8-5-2/h7,10,16,18-19,21,25-28,31-32,34-35,37-38,40-41,44-45,49,52,71H,4-6,8-9,11-15,17,20,22-24,29-30,33,36,39,42-43,46-48,50-51,53-70H2,1-3H3/b10-7-,19-16-,21-18-,27-25-,28-26-,32-31-,35-34-,38-37-,41-40-,45-44-,52-49-. The van der Waals surface area contributed by atoms with Gasteiger partial charge in [0.05, 0.1) is 0 Å². The molecule has 1 atom stereocenters. The Labute approximate surface area is 494 Å². The highest BCUT2D eigenvalue weighted by molar-refractivity contribution is 5.71. The highest BCUT2D eigenvalue weighted by Gasteiger charge is 2.19. The number of unbranched alkanes of at least 4 members (excludes halogenated alkanes) is 26. The molecule has 0 aliphatic rings. The minimum absolute atomic E-state index is 0.0960. The van der Waals surface area contributed by atoms with Crippen molar-refractivity contribution in [2.45, 2.75) is 303 Å². The second-order valence-electron chi connectivity index (χ2n) is 21.6. The van der Waals surface area contributed by atoms with Crippen molar-refractivity contribution in [1.82, 2.24) is 0 Å². The van der Waals surface area contributed by atoms with Crippen LogP contribution in [0.5, 0.6) is 0 Å². The fourth-order valence-corrected chi connectivity index (χ4v) is 8.89. The van der Waals surface area contributed by atoms with Crippen molar-refractivity contribution >= 4 is 17.9 Å². The van der Waals surface area contributed by atoms with Crippen molar-refractivity contribution in [2.75, 3.05) is 13.2 Å². The van der Waals surface area contributed by atoms with Crippen LogP contribution in [0.3, 0.4) is 0 Å². The second-order valence-corrected chi connectivity index (χ2v) is 21.6. The third kappa shape index (κ3) is 64.4. The van der Waals surface area contributed by atoms with Gasteiger partial charge >= 0.3 is 17.9 Å². The van der Waals surface area contributed by atoms with Crippen LogP contribution in [0.25, 0.3) is 0 Å². The molecule has 0 saturated carbocycles. The summed E-state index contributed by atoms with van der Waals surface area (Å²) in [5, 5.41) is 0. The van der Waals surface area contributed by atoms with Gasteiger partial charge in [-0.3, -0.25) is 14.4 Å². The third-order valence-corrected chi connectivity index (χ3v) is 13.9. The number of rotatable bonds is 59. The van der Waals surface area contributed by atoms with Crippen LogP contribution < -0.4 is 0 Å². The lowest BCUT2D eigenvalue weighted by Crippen LogP contribution is -2.30. The van der Waals surface area contributed by atoms with E-state index in [1.807, 2.05) is 0 Å². The van der Waals surface area contributed by atoms with Gasteiger partial charge < -0.3 is 14.2 Å². The Balaban J connectivity index is 4.38. The fourth-order valence-electron chi connectivity index (χ4n) is 8.89. The molecule has 0 bridgehead atoms. The summed E-state index contributed by atoms with van der Waals surface area (Å²) in [6, 6.07) is 0. The summed E-state index contributed by atoms with van der Waals surface area (Å²) in [5.74, 6) is -0.937. The Bertz CT molecular complexity index is 1700. The Kier molecular flexibility index (Phi) is 63.3. The summed E-state index contributed by atoms with van der Waals surface area (Å²) in [5.41, 5.74) is 0. The van der Waals surface area contributed by atoms with E-state index in [0.29, 0.717) is 19.3 Å². The van der Waals surface area contributed by atoms with Gasteiger partial charge in [0.25, 0.3) is 0 Å². The topological polar surface area (TPSA) is 78.9 Å². The number of allylic oxidation sites excluding steroid dienone is 22. The molecule has 6 nitrogen and oxygen atoms in total. The Morgan fingerprint density at radius 1 is 0.263 bits per heavy atom. The van der Waals surface area contributed by atoms with E-state index in [9.17, 15) is 14.4 Å². The number of hydrogen-bond donors (Lipinski definition) is 0. The average molecular weight is 1110 g/mol. The monoisotopic (exact) mass is 1110 g/mol. The number of esters is 3. The molecule has 0 amide bonds. The first-order valence-corrected chi connectivity index (χ1v) is 33.2. The van der Waals surface area contributed by atoms with Gasteiger partial charge in [-0.2, -0.15) is 0 Å². The first-order chi connectivity index (χ1) is 39.5. The first kappa shape index (κ1) is 75.5. The summed E-state index contributed by atoms with van der Waals surface area (Å²) in [6.45, 7) is 6.47. The Morgan fingerprint density at radius 2 is 0.487 bits per heavy atom. The number of carbonyl (C=O) groups excluding carboxylic acids is 3. The summed E-state index contributed by atoms with van der Waals surface area (Å²) in [7, 11) is 0. The van der Waals surface area contributed by atoms with Gasteiger partial charge in [-0.05, 0) is 141 Å². The molecule has 0 N–H and O–H groups in total. The van der Waals surface area contributed by atoms with Gasteiger partial charge in [-0.15, -0.1) is 0 Å². The third-order valence-electron chi connectivity index (χ3n) is 13.9. The van der Waals surface area contributed by atoms with E-state index >= 15 is 0 Å². The number of ether oxygens (including phenoxy) is 3. The van der Waals surface area contributed by atoms with Crippen LogP contribution in [0, 0.1) is 0 Å². The molecule has 6 heteroatoms. The van der Waals surface area contributed by atoms with Crippen LogP contribution in [-0.4, -0.2) is 37.2 Å². The maximum atomic E-state index is 12.9. The largest absolute Gasteiger partial charge is 0.462 e. The summed E-state index contributed by atoms with van der Waals surface area (Å²) in [6.07, 6.45) is 94.6. The zero-order valence-corrected chi connectivity index (χ0v) is 52.0. The highest BCUT2D eigenvalue weighted by atomic mass is 16.6. The average Bonchev–Trinajstić information content (AvgIpc) is 3.46. The van der Waals surface area contributed by atoms with Crippen molar-refractivity contribution < 1.29 is 28.6 Å². The minimum Gasteiger partial charge on any atom is -0.462 e. The lowest BCUT2D eigenvalue weighted by atomic mass is 10.1. The van der Waals surface area contributed by atoms with Gasteiger partial charge in [-0.25, -0.2) is 0 Å². The first-order valence-electron chi connectivity index (χ1n) is 33.2. The number of hydrogen-bond acceptors (Lipinski definition) is 6. The van der Waals surface area contributed by atoms with Crippen LogP contribution in [0.15, 0.2) is 134 Å². The van der Waals surface area contributed by atoms with E-state index in [-0.39, 0.29) is 31.1 Å². The van der Waals surface area contributed by atoms with E-state index in [2.05, 4.69) is 154 Å². The maximum Gasteiger partial charge on any atom is 0.306 e. The molecule has 0 rings (SSSR count). The molecule has 0 radical (unpaired) electrons. The SMILES string of the molecule is CC/C=C\C/C=C\C/C=C\C/C=C\C/C=C\C/C=C\C/C=C\C/C=C\C/C=C\CCCCCC(=O)OCC(COC(=O)CCCCCCC/C=C\CCCCC)OC(=O)CCCCCCCCCCC/C=C\CCCCCCCC. The Morgan fingerprint density at radius 3 is 0.812 bits per heavy atom. The van der Waals surface area contributed by atoms with Gasteiger partial charge in [0.1, 0.15) is 13.2 Å². The van der Waals surface area contributed by atoms with Crippen LogP contribution in [-0.2, 0) is 28.6 Å². The maximum absolute atomic E-state index is 12.9. The van der Waals surface area contributed by atoms with E-state index in [1.165, 1.54) is 122 Å². The molecular weight excluding hydrogens is 985 g/mol. The molecule has 0 aliphatic heterocycles. The molecule has 0 aromatic carbocycles. The van der Waals surface area contributed by atoms with Crippen LogP contribution in [0.2, 0.25) is 0 Å². The summed E-state index contributed by atoms with van der Waals surface area (Å²) < 4.78 is 16.9. The van der Waals surface area contributed by atoms with Gasteiger partial charge in [-0.1, -0.05) is 270 Å². The fraction of sp³-hybridized carbons (Fsp3) is 0.662.